The second kappa shape index (κ2) is 12.2. The Bertz CT molecular complexity index is 1710. The Labute approximate surface area is 235 Å². The maximum Gasteiger partial charge on any atom is 0.339 e. The van der Waals surface area contributed by atoms with Crippen molar-refractivity contribution in [1.29, 1.82) is 5.26 Å². The first-order valence-electron chi connectivity index (χ1n) is 12.1. The number of halogens is 1. The van der Waals surface area contributed by atoms with Crippen molar-refractivity contribution in [2.75, 3.05) is 12.4 Å². The molecule has 198 valence electrons. The zero-order valence-electron chi connectivity index (χ0n) is 21.9. The number of pyridine rings is 2. The predicted molar refractivity (Wildman–Crippen MR) is 153 cm³/mol. The van der Waals surface area contributed by atoms with Gasteiger partial charge in [-0.2, -0.15) is 5.26 Å². The summed E-state index contributed by atoms with van der Waals surface area (Å²) >= 11 is 6.34. The lowest BCUT2D eigenvalue weighted by Gasteiger charge is -2.14. The highest BCUT2D eigenvalue weighted by Gasteiger charge is 2.16. The normalized spacial score (nSPS) is 10.7. The van der Waals surface area contributed by atoms with E-state index in [9.17, 15) is 19.6 Å². The molecule has 0 radical (unpaired) electrons. The van der Waals surface area contributed by atoms with Crippen molar-refractivity contribution in [3.05, 3.63) is 111 Å². The number of anilines is 1. The highest BCUT2D eigenvalue weighted by Crippen LogP contribution is 2.32. The summed E-state index contributed by atoms with van der Waals surface area (Å²) in [6.45, 7) is 3.66. The van der Waals surface area contributed by atoms with Gasteiger partial charge in [0.2, 0.25) is 0 Å². The van der Waals surface area contributed by atoms with Crippen LogP contribution in [-0.2, 0) is 4.74 Å². The molecule has 2 heterocycles. The number of benzene rings is 2. The van der Waals surface area contributed by atoms with Gasteiger partial charge in [-0.15, -0.1) is 0 Å². The number of amides is 1. The van der Waals surface area contributed by atoms with Gasteiger partial charge in [0.15, 0.2) is 0 Å². The Kier molecular flexibility index (Phi) is 8.48. The largest absolute Gasteiger partial charge is 0.465 e. The van der Waals surface area contributed by atoms with E-state index in [1.807, 2.05) is 19.9 Å². The standard InChI is InChI=1S/C31H23ClN4O4/c1-18-13-20(26(32)14-22(18)17-37)7-9-28-25(15-33)24(11-12-34-28)23-5-4-6-27(19(23)2)36-30(38)29-10-8-21(16-35-29)31(39)40-3/h4-14,16-17H,1-3H3,(H,36,38). The fourth-order valence-corrected chi connectivity index (χ4v) is 4.34. The summed E-state index contributed by atoms with van der Waals surface area (Å²) in [5.41, 5.74) is 5.80. The third-order valence-electron chi connectivity index (χ3n) is 6.31. The maximum absolute atomic E-state index is 12.9. The van der Waals surface area contributed by atoms with Crippen LogP contribution in [0.25, 0.3) is 23.3 Å². The highest BCUT2D eigenvalue weighted by molar-refractivity contribution is 6.32. The molecule has 0 fully saturated rings. The SMILES string of the molecule is COC(=O)c1ccc(C(=O)Nc2cccc(-c3ccnc(C=Cc4cc(C)c(C=O)cc4Cl)c3C#N)c2C)nc1. The minimum atomic E-state index is -0.545. The van der Waals surface area contributed by atoms with Crippen molar-refractivity contribution < 1.29 is 19.1 Å². The number of aromatic nitrogens is 2. The molecule has 0 atom stereocenters. The summed E-state index contributed by atoms with van der Waals surface area (Å²) in [7, 11) is 1.27. The van der Waals surface area contributed by atoms with Crippen LogP contribution >= 0.6 is 11.6 Å². The van der Waals surface area contributed by atoms with Gasteiger partial charge in [-0.3, -0.25) is 19.6 Å². The number of ether oxygens (including phenoxy) is 1. The second-order valence-corrected chi connectivity index (χ2v) is 9.18. The molecule has 0 spiro atoms. The van der Waals surface area contributed by atoms with Gasteiger partial charge in [0.25, 0.3) is 5.91 Å². The number of hydrogen-bond donors (Lipinski definition) is 1. The molecule has 0 bridgehead atoms. The van der Waals surface area contributed by atoms with Crippen molar-refractivity contribution >= 4 is 47.6 Å². The number of nitrogens with zero attached hydrogens (tertiary/aromatic N) is 3. The quantitative estimate of drug-likeness (QED) is 0.211. The fourth-order valence-electron chi connectivity index (χ4n) is 4.10. The van der Waals surface area contributed by atoms with Gasteiger partial charge in [-0.25, -0.2) is 4.79 Å². The molecule has 1 N–H and O–H groups in total. The third kappa shape index (κ3) is 5.80. The summed E-state index contributed by atoms with van der Waals surface area (Å²) in [4.78, 5) is 44.1. The van der Waals surface area contributed by atoms with Gasteiger partial charge in [-0.05, 0) is 78.6 Å². The molecular formula is C31H23ClN4O4. The third-order valence-corrected chi connectivity index (χ3v) is 6.64. The van der Waals surface area contributed by atoms with Gasteiger partial charge in [-0.1, -0.05) is 29.8 Å². The van der Waals surface area contributed by atoms with E-state index >= 15 is 0 Å². The summed E-state index contributed by atoms with van der Waals surface area (Å²) in [5, 5.41) is 13.3. The van der Waals surface area contributed by atoms with E-state index < -0.39 is 11.9 Å². The number of hydrogen-bond acceptors (Lipinski definition) is 7. The first-order valence-corrected chi connectivity index (χ1v) is 12.4. The lowest BCUT2D eigenvalue weighted by atomic mass is 9.94. The minimum Gasteiger partial charge on any atom is -0.465 e. The number of aryl methyl sites for hydroxylation is 1. The van der Waals surface area contributed by atoms with Crippen LogP contribution in [0.2, 0.25) is 5.02 Å². The van der Waals surface area contributed by atoms with E-state index in [0.717, 1.165) is 23.0 Å². The molecule has 4 rings (SSSR count). The minimum absolute atomic E-state index is 0.126. The van der Waals surface area contributed by atoms with E-state index in [2.05, 4.69) is 26.1 Å². The van der Waals surface area contributed by atoms with E-state index in [-0.39, 0.29) is 11.3 Å². The number of nitriles is 1. The first-order chi connectivity index (χ1) is 19.3. The molecule has 4 aromatic rings. The summed E-state index contributed by atoms with van der Waals surface area (Å²) in [6, 6.07) is 15.7. The van der Waals surface area contributed by atoms with Crippen LogP contribution in [0.15, 0.2) is 60.9 Å². The summed E-state index contributed by atoms with van der Waals surface area (Å²) in [5.74, 6) is -1.000. The molecule has 1 amide bonds. The first kappa shape index (κ1) is 27.9. The molecular weight excluding hydrogens is 528 g/mol. The zero-order valence-corrected chi connectivity index (χ0v) is 22.6. The maximum atomic E-state index is 12.9. The predicted octanol–water partition coefficient (Wildman–Crippen LogP) is 6.31. The number of esters is 1. The molecule has 40 heavy (non-hydrogen) atoms. The van der Waals surface area contributed by atoms with Crippen molar-refractivity contribution in [3.8, 4) is 17.2 Å². The lowest BCUT2D eigenvalue weighted by Crippen LogP contribution is -2.15. The monoisotopic (exact) mass is 550 g/mol. The summed E-state index contributed by atoms with van der Waals surface area (Å²) in [6.07, 6.45) is 7.09. The number of nitrogens with one attached hydrogen (secondary N) is 1. The molecule has 8 nitrogen and oxygen atoms in total. The van der Waals surface area contributed by atoms with Crippen LogP contribution in [0.5, 0.6) is 0 Å². The van der Waals surface area contributed by atoms with Crippen LogP contribution in [0.3, 0.4) is 0 Å². The van der Waals surface area contributed by atoms with Gasteiger partial charge in [0.1, 0.15) is 18.0 Å². The topological polar surface area (TPSA) is 122 Å². The van der Waals surface area contributed by atoms with Crippen LogP contribution in [0, 0.1) is 25.2 Å². The Balaban J connectivity index is 1.65. The van der Waals surface area contributed by atoms with E-state index in [1.165, 1.54) is 25.4 Å². The summed E-state index contributed by atoms with van der Waals surface area (Å²) < 4.78 is 4.66. The van der Waals surface area contributed by atoms with Gasteiger partial charge in [0, 0.05) is 34.2 Å². The Morgan fingerprint density at radius 1 is 1.02 bits per heavy atom. The molecule has 2 aromatic carbocycles. The van der Waals surface area contributed by atoms with Crippen molar-refractivity contribution in [2.45, 2.75) is 13.8 Å². The number of carbonyl (C=O) groups is 3. The molecule has 0 unspecified atom stereocenters. The molecule has 0 saturated carbocycles. The Morgan fingerprint density at radius 3 is 2.50 bits per heavy atom. The van der Waals surface area contributed by atoms with E-state index in [4.69, 9.17) is 11.6 Å². The molecule has 0 saturated heterocycles. The second-order valence-electron chi connectivity index (χ2n) is 8.77. The average molecular weight is 551 g/mol. The lowest BCUT2D eigenvalue weighted by molar-refractivity contribution is 0.0599. The van der Waals surface area contributed by atoms with Crippen LogP contribution in [0.4, 0.5) is 5.69 Å². The van der Waals surface area contributed by atoms with Crippen LogP contribution in [-0.4, -0.2) is 35.2 Å². The number of aldehydes is 1. The van der Waals surface area contributed by atoms with E-state index in [1.54, 1.807) is 48.7 Å². The van der Waals surface area contributed by atoms with Gasteiger partial charge >= 0.3 is 5.97 Å². The van der Waals surface area contributed by atoms with Crippen LogP contribution < -0.4 is 5.32 Å². The highest BCUT2D eigenvalue weighted by atomic mass is 35.5. The van der Waals surface area contributed by atoms with Crippen LogP contribution in [0.1, 0.15) is 59.2 Å². The van der Waals surface area contributed by atoms with Crippen molar-refractivity contribution in [1.82, 2.24) is 9.97 Å². The molecule has 9 heteroatoms. The molecule has 2 aromatic heterocycles. The Morgan fingerprint density at radius 2 is 1.82 bits per heavy atom. The fraction of sp³-hybridized carbons (Fsp3) is 0.0968. The smallest absolute Gasteiger partial charge is 0.339 e. The van der Waals surface area contributed by atoms with Crippen molar-refractivity contribution in [2.24, 2.45) is 0 Å². The molecule has 0 aliphatic carbocycles. The van der Waals surface area contributed by atoms with E-state index in [0.29, 0.717) is 38.7 Å². The molecule has 0 aliphatic rings. The van der Waals surface area contributed by atoms with Gasteiger partial charge in [0.05, 0.1) is 23.9 Å². The van der Waals surface area contributed by atoms with Gasteiger partial charge < -0.3 is 10.1 Å². The number of methoxy groups -OCH3 is 1. The van der Waals surface area contributed by atoms with Crippen molar-refractivity contribution in [3.63, 3.8) is 0 Å². The zero-order chi connectivity index (χ0) is 28.8. The Hall–Kier alpha value is -5.13. The number of rotatable bonds is 7. The number of carbonyl (C=O) groups excluding carboxylic acids is 3. The average Bonchev–Trinajstić information content (AvgIpc) is 2.97. The molecule has 0 aliphatic heterocycles.